The highest BCUT2D eigenvalue weighted by molar-refractivity contribution is 9.11. The Labute approximate surface area is 170 Å². The van der Waals surface area contributed by atoms with Crippen molar-refractivity contribution in [1.29, 1.82) is 5.26 Å². The first-order valence-corrected chi connectivity index (χ1v) is 11.9. The minimum atomic E-state index is -1.71. The van der Waals surface area contributed by atoms with Gasteiger partial charge in [-0.2, -0.15) is 5.26 Å². The Kier molecular flexibility index (Phi) is 5.66. The summed E-state index contributed by atoms with van der Waals surface area (Å²) in [6.07, 6.45) is 4.18. The van der Waals surface area contributed by atoms with E-state index in [1.54, 1.807) is 0 Å². The lowest BCUT2D eigenvalue weighted by molar-refractivity contribution is 1.47. The molecule has 0 N–H and O–H groups in total. The Balaban J connectivity index is 2.22. The molecule has 1 aliphatic rings. The van der Waals surface area contributed by atoms with E-state index < -0.39 is 7.26 Å². The first kappa shape index (κ1) is 19.6. The Bertz CT molecular complexity index is 1030. The summed E-state index contributed by atoms with van der Waals surface area (Å²) in [5, 5.41) is 11.8. The zero-order valence-corrected chi connectivity index (χ0v) is 18.3. The molecule has 0 radical (unpaired) electrons. The Morgan fingerprint density at radius 3 is 2.52 bits per heavy atom. The second kappa shape index (κ2) is 7.81. The predicted octanol–water partition coefficient (Wildman–Crippen LogP) is 6.93. The number of aryl methyl sites for hydroxylation is 1. The van der Waals surface area contributed by atoms with Crippen molar-refractivity contribution in [1.82, 2.24) is 0 Å². The van der Waals surface area contributed by atoms with Gasteiger partial charge in [-0.3, -0.25) is 0 Å². The number of hydrogen-bond donors (Lipinski definition) is 0. The normalized spacial score (nSPS) is 21.3. The predicted molar refractivity (Wildman–Crippen MR) is 123 cm³/mol. The lowest BCUT2D eigenvalue weighted by Gasteiger charge is -2.16. The van der Waals surface area contributed by atoms with Gasteiger partial charge >= 0.3 is 0 Å². The van der Waals surface area contributed by atoms with E-state index in [4.69, 9.17) is 0 Å². The van der Waals surface area contributed by atoms with Gasteiger partial charge in [-0.15, -0.1) is 0 Å². The first-order chi connectivity index (χ1) is 12.9. The number of hydrogen-bond acceptors (Lipinski definition) is 1. The van der Waals surface area contributed by atoms with Crippen LogP contribution in [0.15, 0.2) is 88.4 Å². The van der Waals surface area contributed by atoms with Gasteiger partial charge < -0.3 is 0 Å². The standard InChI is InChI=1S/C24H22BrNP/c1-5-21(25)14-23-18(3)27(4,22-11-9-17(2)10-12-22)16-24(23)20-8-6-7-19(13-20)15-26/h5-14,16H,3H2,1-2,4H3/q+1/b21-5+,23-14+. The second-order valence-electron chi connectivity index (χ2n) is 6.82. The molecule has 1 unspecified atom stereocenters. The van der Waals surface area contributed by atoms with Crippen LogP contribution < -0.4 is 5.30 Å². The quantitative estimate of drug-likeness (QED) is 0.480. The molecule has 1 nitrogen and oxygen atoms in total. The Hall–Kier alpha value is -2.20. The molecule has 27 heavy (non-hydrogen) atoms. The Morgan fingerprint density at radius 2 is 1.89 bits per heavy atom. The van der Waals surface area contributed by atoms with Crippen molar-refractivity contribution >= 4 is 34.1 Å². The van der Waals surface area contributed by atoms with Crippen molar-refractivity contribution in [3.8, 4) is 6.07 Å². The minimum Gasteiger partial charge on any atom is -0.192 e. The molecule has 134 valence electrons. The maximum atomic E-state index is 9.30. The summed E-state index contributed by atoms with van der Waals surface area (Å²) < 4.78 is 1.03. The summed E-state index contributed by atoms with van der Waals surface area (Å²) in [6, 6.07) is 18.8. The molecule has 3 rings (SSSR count). The van der Waals surface area contributed by atoms with Crippen molar-refractivity contribution in [2.24, 2.45) is 0 Å². The third-order valence-electron chi connectivity index (χ3n) is 4.98. The zero-order valence-electron chi connectivity index (χ0n) is 15.8. The van der Waals surface area contributed by atoms with Crippen molar-refractivity contribution in [3.63, 3.8) is 0 Å². The van der Waals surface area contributed by atoms with Crippen LogP contribution in [0.4, 0.5) is 0 Å². The van der Waals surface area contributed by atoms with Gasteiger partial charge in [-0.25, -0.2) is 0 Å². The van der Waals surface area contributed by atoms with Gasteiger partial charge in [0.2, 0.25) is 0 Å². The van der Waals surface area contributed by atoms with Gasteiger partial charge in [0, 0.05) is 15.6 Å². The zero-order chi connectivity index (χ0) is 19.6. The fraction of sp³-hybridized carbons (Fsp3) is 0.125. The monoisotopic (exact) mass is 434 g/mol. The molecule has 1 atom stereocenters. The molecule has 0 bridgehead atoms. The van der Waals surface area contributed by atoms with Crippen LogP contribution in [-0.2, 0) is 0 Å². The van der Waals surface area contributed by atoms with Crippen LogP contribution in [0.2, 0.25) is 0 Å². The van der Waals surface area contributed by atoms with Crippen LogP contribution in [0.1, 0.15) is 23.6 Å². The van der Waals surface area contributed by atoms with E-state index in [0.717, 1.165) is 21.2 Å². The van der Waals surface area contributed by atoms with E-state index in [1.165, 1.54) is 16.2 Å². The average Bonchev–Trinajstić information content (AvgIpc) is 2.94. The summed E-state index contributed by atoms with van der Waals surface area (Å²) in [5.74, 6) is 2.39. The highest BCUT2D eigenvalue weighted by atomic mass is 79.9. The van der Waals surface area contributed by atoms with E-state index in [9.17, 15) is 5.26 Å². The molecule has 0 aromatic heterocycles. The van der Waals surface area contributed by atoms with Gasteiger partial charge in [-0.05, 0) is 49.8 Å². The van der Waals surface area contributed by atoms with E-state index in [1.807, 2.05) is 31.2 Å². The molecular formula is C24H22BrNP+. The van der Waals surface area contributed by atoms with Gasteiger partial charge in [0.15, 0.2) is 0 Å². The summed E-state index contributed by atoms with van der Waals surface area (Å²) in [4.78, 5) is 0. The van der Waals surface area contributed by atoms with E-state index in [2.05, 4.69) is 84.4 Å². The van der Waals surface area contributed by atoms with Gasteiger partial charge in [0.05, 0.1) is 24.1 Å². The van der Waals surface area contributed by atoms with Crippen LogP contribution in [-0.4, -0.2) is 6.66 Å². The van der Waals surface area contributed by atoms with Crippen LogP contribution >= 0.6 is 23.2 Å². The fourth-order valence-corrected chi connectivity index (χ4v) is 6.37. The molecule has 1 heterocycles. The molecule has 1 aliphatic heterocycles. The molecule has 3 heteroatoms. The number of rotatable bonds is 3. The third-order valence-corrected chi connectivity index (χ3v) is 9.17. The minimum absolute atomic E-state index is 0.672. The second-order valence-corrected chi connectivity index (χ2v) is 11.2. The Morgan fingerprint density at radius 1 is 1.19 bits per heavy atom. The highest BCUT2D eigenvalue weighted by Crippen LogP contribution is 2.71. The largest absolute Gasteiger partial charge is 0.192 e. The van der Waals surface area contributed by atoms with Crippen LogP contribution in [0.5, 0.6) is 0 Å². The molecule has 0 aliphatic carbocycles. The molecule has 0 amide bonds. The summed E-state index contributed by atoms with van der Waals surface area (Å²) in [6.45, 7) is 10.9. The third kappa shape index (κ3) is 3.77. The average molecular weight is 435 g/mol. The summed E-state index contributed by atoms with van der Waals surface area (Å²) in [5.41, 5.74) is 5.30. The maximum absolute atomic E-state index is 9.30. The summed E-state index contributed by atoms with van der Waals surface area (Å²) in [7, 11) is -1.71. The van der Waals surface area contributed by atoms with E-state index in [-0.39, 0.29) is 0 Å². The lowest BCUT2D eigenvalue weighted by Crippen LogP contribution is -2.07. The topological polar surface area (TPSA) is 23.8 Å². The smallest absolute Gasteiger partial charge is 0.104 e. The van der Waals surface area contributed by atoms with Gasteiger partial charge in [-0.1, -0.05) is 58.4 Å². The van der Waals surface area contributed by atoms with Crippen LogP contribution in [0.3, 0.4) is 0 Å². The van der Waals surface area contributed by atoms with Crippen LogP contribution in [0, 0.1) is 18.3 Å². The van der Waals surface area contributed by atoms with Crippen molar-refractivity contribution in [2.45, 2.75) is 13.8 Å². The molecule has 0 fully saturated rings. The number of nitrogens with zero attached hydrogens (tertiary/aromatic N) is 1. The van der Waals surface area contributed by atoms with E-state index >= 15 is 0 Å². The molecule has 0 saturated heterocycles. The maximum Gasteiger partial charge on any atom is 0.104 e. The van der Waals surface area contributed by atoms with Crippen LogP contribution in [0.25, 0.3) is 5.57 Å². The molecular weight excluding hydrogens is 413 g/mol. The molecule has 2 aromatic carbocycles. The molecule has 0 saturated carbocycles. The highest BCUT2D eigenvalue weighted by Gasteiger charge is 2.45. The number of nitriles is 1. The number of allylic oxidation sites excluding steroid dienone is 6. The first-order valence-electron chi connectivity index (χ1n) is 8.79. The van der Waals surface area contributed by atoms with Crippen molar-refractivity contribution in [2.75, 3.05) is 6.66 Å². The molecule has 2 aromatic rings. The lowest BCUT2D eigenvalue weighted by atomic mass is 9.97. The van der Waals surface area contributed by atoms with E-state index in [0.29, 0.717) is 5.56 Å². The van der Waals surface area contributed by atoms with Crippen molar-refractivity contribution in [3.05, 3.63) is 105 Å². The van der Waals surface area contributed by atoms with Gasteiger partial charge in [0.25, 0.3) is 0 Å². The number of benzene rings is 2. The summed E-state index contributed by atoms with van der Waals surface area (Å²) >= 11 is 3.62. The SMILES string of the molecule is C=C1/C(=C\C(Br)=C/C)C(c2cccc(C#N)c2)=C[P+]1(C)c1ccc(C)cc1. The fourth-order valence-electron chi connectivity index (χ4n) is 3.26. The van der Waals surface area contributed by atoms with Gasteiger partial charge in [0.1, 0.15) is 17.9 Å². The molecule has 0 spiro atoms. The number of halogens is 1. The van der Waals surface area contributed by atoms with Crippen molar-refractivity contribution < 1.29 is 0 Å².